The third kappa shape index (κ3) is 4.00. The minimum Gasteiger partial charge on any atom is -0.319 e. The van der Waals surface area contributed by atoms with Crippen molar-refractivity contribution in [1.82, 2.24) is 4.98 Å². The van der Waals surface area contributed by atoms with Gasteiger partial charge in [0.1, 0.15) is 0 Å². The molecule has 0 radical (unpaired) electrons. The summed E-state index contributed by atoms with van der Waals surface area (Å²) in [4.78, 5) is 13.4. The van der Waals surface area contributed by atoms with Gasteiger partial charge in [0.2, 0.25) is 10.0 Å². The van der Waals surface area contributed by atoms with Crippen LogP contribution in [0.5, 0.6) is 0 Å². The van der Waals surface area contributed by atoms with Gasteiger partial charge in [0.05, 0.1) is 4.90 Å². The molecule has 0 saturated carbocycles. The highest BCUT2D eigenvalue weighted by Gasteiger charge is 2.03. The maximum atomic E-state index is 12.7. The summed E-state index contributed by atoms with van der Waals surface area (Å²) in [6, 6.07) is 16.2. The summed E-state index contributed by atoms with van der Waals surface area (Å²) in [5, 5.41) is 5.53. The fourth-order valence-electron chi connectivity index (χ4n) is 1.73. The SMILES string of the molecule is NS(=O)(=O)c1ccccc1.O=c1[nH]c2ccccc2cc1F. The number of fused-ring (bicyclic) bond motifs is 1. The van der Waals surface area contributed by atoms with E-state index in [1.807, 2.05) is 0 Å². The molecule has 3 rings (SSSR count). The smallest absolute Gasteiger partial charge is 0.284 e. The Morgan fingerprint density at radius 2 is 1.55 bits per heavy atom. The standard InChI is InChI=1S/C9H6FNO.C6H7NO2S/c10-7-5-6-3-1-2-4-8(6)11-9(7)12;7-10(8,9)6-4-2-1-3-5-6/h1-5H,(H,11,12);1-5H,(H2,7,8,9). The summed E-state index contributed by atoms with van der Waals surface area (Å²) >= 11 is 0. The fourth-order valence-corrected chi connectivity index (χ4v) is 2.27. The van der Waals surface area contributed by atoms with Crippen LogP contribution in [-0.2, 0) is 10.0 Å². The van der Waals surface area contributed by atoms with Crippen molar-refractivity contribution in [2.75, 3.05) is 0 Å². The Balaban J connectivity index is 0.000000164. The first-order valence-electron chi connectivity index (χ1n) is 6.23. The van der Waals surface area contributed by atoms with E-state index in [2.05, 4.69) is 4.98 Å². The Hall–Kier alpha value is -2.51. The molecule has 0 bridgehead atoms. The molecular formula is C15H13FN2O3S. The average Bonchev–Trinajstić information content (AvgIpc) is 2.49. The highest BCUT2D eigenvalue weighted by molar-refractivity contribution is 7.89. The lowest BCUT2D eigenvalue weighted by atomic mass is 10.2. The number of pyridine rings is 1. The summed E-state index contributed by atoms with van der Waals surface area (Å²) in [5.41, 5.74) is -0.0161. The summed E-state index contributed by atoms with van der Waals surface area (Å²) in [5.74, 6) is -0.742. The van der Waals surface area contributed by atoms with Gasteiger partial charge in [-0.2, -0.15) is 0 Å². The molecule has 0 aliphatic rings. The topological polar surface area (TPSA) is 93.0 Å². The highest BCUT2D eigenvalue weighted by atomic mass is 32.2. The van der Waals surface area contributed by atoms with Crippen molar-refractivity contribution < 1.29 is 12.8 Å². The van der Waals surface area contributed by atoms with Crippen LogP contribution >= 0.6 is 0 Å². The number of sulfonamides is 1. The van der Waals surface area contributed by atoms with Crippen LogP contribution in [-0.4, -0.2) is 13.4 Å². The summed E-state index contributed by atoms with van der Waals surface area (Å²) < 4.78 is 33.9. The van der Waals surface area contributed by atoms with E-state index in [0.717, 1.165) is 0 Å². The second kappa shape index (κ2) is 6.50. The van der Waals surface area contributed by atoms with Gasteiger partial charge in [0.15, 0.2) is 5.82 Å². The predicted octanol–water partition coefficient (Wildman–Crippen LogP) is 2.00. The van der Waals surface area contributed by atoms with Gasteiger partial charge in [-0.05, 0) is 24.3 Å². The molecule has 114 valence electrons. The second-order valence-corrected chi connectivity index (χ2v) is 5.95. The first kappa shape index (κ1) is 15.9. The van der Waals surface area contributed by atoms with E-state index < -0.39 is 21.4 Å². The molecule has 7 heteroatoms. The van der Waals surface area contributed by atoms with Crippen LogP contribution in [0.1, 0.15) is 0 Å². The van der Waals surface area contributed by atoms with Crippen LogP contribution in [0.25, 0.3) is 10.9 Å². The molecular weight excluding hydrogens is 307 g/mol. The number of aromatic amines is 1. The van der Waals surface area contributed by atoms with Crippen LogP contribution < -0.4 is 10.7 Å². The molecule has 1 heterocycles. The zero-order chi connectivity index (χ0) is 16.2. The van der Waals surface area contributed by atoms with Gasteiger partial charge >= 0.3 is 0 Å². The molecule has 22 heavy (non-hydrogen) atoms. The number of H-pyrrole nitrogens is 1. The number of aromatic nitrogens is 1. The zero-order valence-corrected chi connectivity index (χ0v) is 12.2. The monoisotopic (exact) mass is 320 g/mol. The number of rotatable bonds is 1. The Bertz CT molecular complexity index is 938. The van der Waals surface area contributed by atoms with Crippen LogP contribution in [0, 0.1) is 5.82 Å². The van der Waals surface area contributed by atoms with Gasteiger partial charge in [-0.3, -0.25) is 4.79 Å². The Labute approximate surface area is 126 Å². The van der Waals surface area contributed by atoms with Crippen LogP contribution in [0.4, 0.5) is 4.39 Å². The first-order chi connectivity index (χ1) is 10.4. The molecule has 0 spiro atoms. The van der Waals surface area contributed by atoms with Crippen LogP contribution in [0.15, 0.2) is 70.4 Å². The van der Waals surface area contributed by atoms with E-state index in [1.165, 1.54) is 18.2 Å². The van der Waals surface area contributed by atoms with Crippen molar-refractivity contribution in [3.8, 4) is 0 Å². The van der Waals surface area contributed by atoms with Gasteiger partial charge < -0.3 is 4.98 Å². The van der Waals surface area contributed by atoms with Crippen molar-refractivity contribution in [1.29, 1.82) is 0 Å². The first-order valence-corrected chi connectivity index (χ1v) is 7.78. The molecule has 0 aliphatic carbocycles. The number of benzene rings is 2. The second-order valence-electron chi connectivity index (χ2n) is 4.39. The molecule has 2 aromatic carbocycles. The maximum Gasteiger partial charge on any atom is 0.284 e. The minimum absolute atomic E-state index is 0.148. The number of para-hydroxylation sites is 1. The number of primary sulfonamides is 1. The number of nitrogens with one attached hydrogen (secondary N) is 1. The van der Waals surface area contributed by atoms with E-state index >= 15 is 0 Å². The number of halogens is 1. The van der Waals surface area contributed by atoms with E-state index in [1.54, 1.807) is 42.5 Å². The Kier molecular flexibility index (Phi) is 4.69. The van der Waals surface area contributed by atoms with Gasteiger partial charge in [0.25, 0.3) is 5.56 Å². The lowest BCUT2D eigenvalue weighted by Gasteiger charge is -1.95. The van der Waals surface area contributed by atoms with Crippen molar-refractivity contribution in [2.24, 2.45) is 5.14 Å². The Morgan fingerprint density at radius 3 is 2.14 bits per heavy atom. The van der Waals surface area contributed by atoms with E-state index in [0.29, 0.717) is 10.9 Å². The maximum absolute atomic E-state index is 12.7. The average molecular weight is 320 g/mol. The minimum atomic E-state index is -3.50. The van der Waals surface area contributed by atoms with Gasteiger partial charge in [0, 0.05) is 10.9 Å². The van der Waals surface area contributed by atoms with E-state index in [-0.39, 0.29) is 4.90 Å². The summed E-state index contributed by atoms with van der Waals surface area (Å²) in [6.45, 7) is 0. The predicted molar refractivity (Wildman–Crippen MR) is 82.3 cm³/mol. The number of hydrogen-bond acceptors (Lipinski definition) is 3. The van der Waals surface area contributed by atoms with E-state index in [4.69, 9.17) is 5.14 Å². The number of nitrogens with two attached hydrogens (primary N) is 1. The highest BCUT2D eigenvalue weighted by Crippen LogP contribution is 2.08. The lowest BCUT2D eigenvalue weighted by molar-refractivity contribution is 0.598. The molecule has 3 N–H and O–H groups in total. The number of hydrogen-bond donors (Lipinski definition) is 2. The molecule has 0 amide bonds. The van der Waals surface area contributed by atoms with Crippen molar-refractivity contribution in [3.05, 3.63) is 76.8 Å². The molecule has 0 atom stereocenters. The molecule has 0 saturated heterocycles. The largest absolute Gasteiger partial charge is 0.319 e. The van der Waals surface area contributed by atoms with Crippen LogP contribution in [0.2, 0.25) is 0 Å². The fraction of sp³-hybridized carbons (Fsp3) is 0. The molecule has 0 fully saturated rings. The van der Waals surface area contributed by atoms with Crippen molar-refractivity contribution >= 4 is 20.9 Å². The molecule has 0 unspecified atom stereocenters. The quantitative estimate of drug-likeness (QED) is 0.718. The lowest BCUT2D eigenvalue weighted by Crippen LogP contribution is -2.11. The molecule has 0 aliphatic heterocycles. The van der Waals surface area contributed by atoms with Gasteiger partial charge in [-0.15, -0.1) is 0 Å². The van der Waals surface area contributed by atoms with Crippen molar-refractivity contribution in [3.63, 3.8) is 0 Å². The summed E-state index contributed by atoms with van der Waals surface area (Å²) in [6.07, 6.45) is 0. The van der Waals surface area contributed by atoms with Crippen LogP contribution in [0.3, 0.4) is 0 Å². The zero-order valence-electron chi connectivity index (χ0n) is 11.4. The third-order valence-electron chi connectivity index (χ3n) is 2.78. The third-order valence-corrected chi connectivity index (χ3v) is 3.71. The van der Waals surface area contributed by atoms with Gasteiger partial charge in [-0.1, -0.05) is 36.4 Å². The molecule has 1 aromatic heterocycles. The normalized spacial score (nSPS) is 10.8. The summed E-state index contributed by atoms with van der Waals surface area (Å²) in [7, 11) is -3.50. The Morgan fingerprint density at radius 1 is 0.955 bits per heavy atom. The van der Waals surface area contributed by atoms with Crippen molar-refractivity contribution in [2.45, 2.75) is 4.90 Å². The van der Waals surface area contributed by atoms with Gasteiger partial charge in [-0.25, -0.2) is 17.9 Å². The van der Waals surface area contributed by atoms with E-state index in [9.17, 15) is 17.6 Å². The molecule has 3 aromatic rings. The molecule has 5 nitrogen and oxygen atoms in total.